The van der Waals surface area contributed by atoms with Crippen molar-refractivity contribution < 1.29 is 6.53 Å². The summed E-state index contributed by atoms with van der Waals surface area (Å²) in [6.07, 6.45) is 0. The van der Waals surface area contributed by atoms with Gasteiger partial charge in [-0.3, -0.25) is 0 Å². The molecule has 0 aromatic heterocycles. The van der Waals surface area contributed by atoms with Crippen molar-refractivity contribution in [3.63, 3.8) is 0 Å². The van der Waals surface area contributed by atoms with Crippen LogP contribution in [0.25, 0.3) is 0 Å². The Morgan fingerprint density at radius 2 is 2.00 bits per heavy atom. The summed E-state index contributed by atoms with van der Waals surface area (Å²) < 4.78 is 0. The van der Waals surface area contributed by atoms with Gasteiger partial charge >= 0.3 is 0 Å². The molecule has 0 heterocycles. The SMILES string of the molecule is CCO.Cl.[HH]. The van der Waals surface area contributed by atoms with E-state index in [1.165, 1.54) is 0 Å². The fourth-order valence-corrected chi connectivity index (χ4v) is 0. The lowest BCUT2D eigenvalue weighted by molar-refractivity contribution is 0.318. The predicted molar refractivity (Wildman–Crippen MR) is 22.1 cm³/mol. The van der Waals surface area contributed by atoms with Crippen molar-refractivity contribution >= 4 is 12.4 Å². The van der Waals surface area contributed by atoms with Crippen molar-refractivity contribution in [2.45, 2.75) is 6.92 Å². The van der Waals surface area contributed by atoms with E-state index in [0.29, 0.717) is 0 Å². The van der Waals surface area contributed by atoms with Gasteiger partial charge in [0.1, 0.15) is 0 Å². The number of hydrogen-bond acceptors (Lipinski definition) is 1. The summed E-state index contributed by atoms with van der Waals surface area (Å²) in [6.45, 7) is 1.93. The van der Waals surface area contributed by atoms with Crippen LogP contribution in [0.5, 0.6) is 0 Å². The van der Waals surface area contributed by atoms with Crippen LogP contribution in [-0.4, -0.2) is 11.7 Å². The van der Waals surface area contributed by atoms with Crippen LogP contribution >= 0.6 is 12.4 Å². The highest BCUT2D eigenvalue weighted by atomic mass is 35.5. The Balaban J connectivity index is -0.0000000200. The fourth-order valence-electron chi connectivity index (χ4n) is 0. The maximum absolute atomic E-state index is 7.57. The first kappa shape index (κ1) is 8.87. The van der Waals surface area contributed by atoms with Gasteiger partial charge in [0.05, 0.1) is 0 Å². The second-order valence-electron chi connectivity index (χ2n) is 0.316. The van der Waals surface area contributed by atoms with Gasteiger partial charge in [-0.05, 0) is 6.92 Å². The minimum absolute atomic E-state index is 0. The number of rotatable bonds is 0. The summed E-state index contributed by atoms with van der Waals surface area (Å²) in [4.78, 5) is 0. The smallest absolute Gasteiger partial charge is 0.0402 e. The maximum Gasteiger partial charge on any atom is 0.0402 e. The standard InChI is InChI=1S/C2H6O.ClH.H2/c1-2-3;;/h3H,2H2,1H3;2*1H. The summed E-state index contributed by atoms with van der Waals surface area (Å²) in [6, 6.07) is 0. The van der Waals surface area contributed by atoms with Gasteiger partial charge < -0.3 is 5.11 Å². The van der Waals surface area contributed by atoms with E-state index in [1.807, 2.05) is 0 Å². The lowest BCUT2D eigenvalue weighted by Gasteiger charge is -1.52. The largest absolute Gasteiger partial charge is 0.397 e. The number of aliphatic hydroxyl groups excluding tert-OH is 1. The molecule has 0 bridgehead atoms. The zero-order valence-electron chi connectivity index (χ0n) is 2.56. The first-order valence-electron chi connectivity index (χ1n) is 1.02. The Hall–Kier alpha value is 0.250. The third-order valence-electron chi connectivity index (χ3n) is 0. The molecule has 0 spiro atoms. The van der Waals surface area contributed by atoms with Crippen LogP contribution in [-0.2, 0) is 0 Å². The van der Waals surface area contributed by atoms with E-state index in [0.717, 1.165) is 0 Å². The Morgan fingerprint density at radius 1 is 2.00 bits per heavy atom. The molecule has 0 atom stereocenters. The second-order valence-corrected chi connectivity index (χ2v) is 0.316. The predicted octanol–water partition coefficient (Wildman–Crippen LogP) is 0.666. The molecule has 0 unspecified atom stereocenters. The zero-order valence-corrected chi connectivity index (χ0v) is 3.38. The lowest BCUT2D eigenvalue weighted by atomic mass is 10.9. The average molecular weight is 84.5 g/mol. The second kappa shape index (κ2) is 10.5. The first-order chi connectivity index (χ1) is 1.41. The van der Waals surface area contributed by atoms with Gasteiger partial charge in [0.2, 0.25) is 0 Å². The highest BCUT2D eigenvalue weighted by Crippen LogP contribution is 1.30. The van der Waals surface area contributed by atoms with Crippen LogP contribution in [0.2, 0.25) is 0 Å². The van der Waals surface area contributed by atoms with Crippen molar-refractivity contribution in [2.24, 2.45) is 0 Å². The molecule has 30 valence electrons. The highest BCUT2D eigenvalue weighted by Gasteiger charge is 1.34. The fraction of sp³-hybridized carbons (Fsp3) is 1.00. The van der Waals surface area contributed by atoms with Crippen LogP contribution in [0.1, 0.15) is 8.35 Å². The van der Waals surface area contributed by atoms with E-state index < -0.39 is 0 Å². The van der Waals surface area contributed by atoms with Crippen LogP contribution in [0.4, 0.5) is 0 Å². The Bertz CT molecular complexity index is 9.61. The number of halogens is 1. The van der Waals surface area contributed by atoms with Crippen LogP contribution in [0.3, 0.4) is 0 Å². The summed E-state index contributed by atoms with van der Waals surface area (Å²) >= 11 is 0. The van der Waals surface area contributed by atoms with Crippen molar-refractivity contribution in [3.05, 3.63) is 0 Å². The molecule has 0 amide bonds. The molecule has 1 nitrogen and oxygen atoms in total. The van der Waals surface area contributed by atoms with Crippen LogP contribution in [0.15, 0.2) is 0 Å². The van der Waals surface area contributed by atoms with Crippen molar-refractivity contribution in [3.8, 4) is 0 Å². The molecule has 0 saturated carbocycles. The summed E-state index contributed by atoms with van der Waals surface area (Å²) in [5, 5.41) is 7.57. The Kier molecular flexibility index (Phi) is 23.3. The van der Waals surface area contributed by atoms with Gasteiger partial charge in [0.25, 0.3) is 0 Å². The Morgan fingerprint density at radius 3 is 2.00 bits per heavy atom. The van der Waals surface area contributed by atoms with E-state index in [9.17, 15) is 0 Å². The summed E-state index contributed by atoms with van der Waals surface area (Å²) in [5.41, 5.74) is 0. The van der Waals surface area contributed by atoms with E-state index in [-0.39, 0.29) is 20.4 Å². The first-order valence-corrected chi connectivity index (χ1v) is 1.02. The molecular weight excluding hydrogens is 75.5 g/mol. The molecule has 0 fully saturated rings. The molecule has 0 aliphatic carbocycles. The molecule has 0 radical (unpaired) electrons. The highest BCUT2D eigenvalue weighted by molar-refractivity contribution is 5.85. The van der Waals surface area contributed by atoms with Crippen LogP contribution < -0.4 is 0 Å². The molecule has 1 N–H and O–H groups in total. The lowest BCUT2D eigenvalue weighted by Crippen LogP contribution is -1.57. The maximum atomic E-state index is 7.57. The van der Waals surface area contributed by atoms with Gasteiger partial charge in [-0.1, -0.05) is 0 Å². The van der Waals surface area contributed by atoms with Gasteiger partial charge in [-0.15, -0.1) is 12.4 Å². The van der Waals surface area contributed by atoms with E-state index >= 15 is 0 Å². The molecule has 0 rings (SSSR count). The molecule has 0 saturated heterocycles. The van der Waals surface area contributed by atoms with Crippen molar-refractivity contribution in [2.75, 3.05) is 6.61 Å². The molecule has 0 aliphatic heterocycles. The van der Waals surface area contributed by atoms with Crippen LogP contribution in [0, 0.1) is 0 Å². The third kappa shape index (κ3) is 56.3. The molecule has 4 heavy (non-hydrogen) atoms. The number of aliphatic hydroxyl groups is 1. The third-order valence-corrected chi connectivity index (χ3v) is 0. The van der Waals surface area contributed by atoms with Crippen molar-refractivity contribution in [1.29, 1.82) is 0 Å². The molecular formula is C2H9ClO. The van der Waals surface area contributed by atoms with E-state index in [2.05, 4.69) is 0 Å². The Labute approximate surface area is 33.5 Å². The van der Waals surface area contributed by atoms with Gasteiger partial charge in [-0.2, -0.15) is 0 Å². The van der Waals surface area contributed by atoms with E-state index in [1.54, 1.807) is 6.92 Å². The molecule has 0 aromatic carbocycles. The molecule has 0 aliphatic rings. The summed E-state index contributed by atoms with van der Waals surface area (Å²) in [7, 11) is 0. The zero-order chi connectivity index (χ0) is 2.71. The minimum atomic E-state index is 0. The normalized spacial score (nSPS) is 4.50. The van der Waals surface area contributed by atoms with Gasteiger partial charge in [-0.25, -0.2) is 0 Å². The molecule has 2 heteroatoms. The average Bonchev–Trinajstić information content (AvgIpc) is 0.918. The monoisotopic (exact) mass is 84.0 g/mol. The number of hydrogen-bond donors (Lipinski definition) is 1. The van der Waals surface area contributed by atoms with Gasteiger partial charge in [0, 0.05) is 8.03 Å². The van der Waals surface area contributed by atoms with Crippen molar-refractivity contribution in [1.82, 2.24) is 0 Å². The quantitative estimate of drug-likeness (QED) is 0.457. The van der Waals surface area contributed by atoms with Gasteiger partial charge in [0.15, 0.2) is 0 Å². The van der Waals surface area contributed by atoms with E-state index in [4.69, 9.17) is 5.11 Å². The molecule has 0 aromatic rings. The minimum Gasteiger partial charge on any atom is -0.397 e. The topological polar surface area (TPSA) is 20.2 Å². The summed E-state index contributed by atoms with van der Waals surface area (Å²) in [5.74, 6) is 0.